The maximum absolute atomic E-state index is 11.5. The average molecular weight is 215 g/mol. The summed E-state index contributed by atoms with van der Waals surface area (Å²) in [6, 6.07) is 0. The Labute approximate surface area is 88.8 Å². The Bertz CT molecular complexity index is 284. The largest absolute Gasteiger partial charge is 0.354 e. The van der Waals surface area contributed by atoms with E-state index in [4.69, 9.17) is 0 Å². The number of nitrogens with zero attached hydrogens (tertiary/aromatic N) is 3. The van der Waals surface area contributed by atoms with Gasteiger partial charge in [0.1, 0.15) is 0 Å². The predicted molar refractivity (Wildman–Crippen MR) is 54.9 cm³/mol. The van der Waals surface area contributed by atoms with Gasteiger partial charge in [0.2, 0.25) is 0 Å². The number of likely N-dealkylation sites (N-methyl/N-ethyl adjacent to an activating group) is 2. The van der Waals surface area contributed by atoms with Crippen LogP contribution in [-0.4, -0.2) is 57.3 Å². The van der Waals surface area contributed by atoms with Gasteiger partial charge in [-0.2, -0.15) is 5.10 Å². The third-order valence-electron chi connectivity index (χ3n) is 2.42. The normalized spacial score (nSPS) is 19.4. The van der Waals surface area contributed by atoms with Gasteiger partial charge >= 0.3 is 11.7 Å². The Hall–Kier alpha value is -1.14. The number of amides is 1. The zero-order chi connectivity index (χ0) is 11.6. The summed E-state index contributed by atoms with van der Waals surface area (Å²) in [5.74, 6) is -3.24. The van der Waals surface area contributed by atoms with Crippen LogP contribution in [-0.2, 0) is 4.79 Å². The van der Waals surface area contributed by atoms with Crippen LogP contribution in [0.4, 0.5) is 0 Å². The molecule has 0 saturated heterocycles. The minimum Gasteiger partial charge on any atom is -0.354 e. The van der Waals surface area contributed by atoms with Crippen molar-refractivity contribution in [2.45, 2.75) is 26.6 Å². The van der Waals surface area contributed by atoms with Crippen molar-refractivity contribution < 1.29 is 15.0 Å². The van der Waals surface area contributed by atoms with E-state index in [2.05, 4.69) is 5.10 Å². The monoisotopic (exact) mass is 215 g/mol. The van der Waals surface area contributed by atoms with Gasteiger partial charge in [-0.05, 0) is 20.8 Å². The molecule has 86 valence electrons. The fraction of sp³-hybridized carbons (Fsp3) is 0.778. The van der Waals surface area contributed by atoms with Crippen molar-refractivity contribution >= 4 is 11.7 Å². The summed E-state index contributed by atoms with van der Waals surface area (Å²) in [7, 11) is 0. The number of hydrogen-bond acceptors (Lipinski definition) is 5. The third-order valence-corrected chi connectivity index (χ3v) is 2.42. The minimum absolute atomic E-state index is 0.0133. The Morgan fingerprint density at radius 1 is 1.33 bits per heavy atom. The molecule has 1 rings (SSSR count). The van der Waals surface area contributed by atoms with Crippen LogP contribution in [0.3, 0.4) is 0 Å². The Morgan fingerprint density at radius 2 is 1.87 bits per heavy atom. The number of hydrazone groups is 1. The summed E-state index contributed by atoms with van der Waals surface area (Å²) in [5, 5.41) is 24.3. The van der Waals surface area contributed by atoms with Crippen molar-refractivity contribution in [2.75, 3.05) is 19.6 Å². The molecule has 1 amide bonds. The molecule has 0 radical (unpaired) electrons. The molecule has 6 nitrogen and oxygen atoms in total. The zero-order valence-electron chi connectivity index (χ0n) is 9.27. The quantitative estimate of drug-likeness (QED) is 0.603. The first-order chi connectivity index (χ1) is 6.98. The topological polar surface area (TPSA) is 76.4 Å². The van der Waals surface area contributed by atoms with Crippen LogP contribution in [0.1, 0.15) is 20.8 Å². The molecule has 0 aromatic heterocycles. The first-order valence-corrected chi connectivity index (χ1v) is 5.09. The van der Waals surface area contributed by atoms with Gasteiger partial charge in [0.25, 0.3) is 0 Å². The number of carbonyl (C=O) groups is 1. The van der Waals surface area contributed by atoms with Gasteiger partial charge in [0, 0.05) is 19.6 Å². The molecule has 6 heteroatoms. The van der Waals surface area contributed by atoms with Gasteiger partial charge in [-0.3, -0.25) is 4.79 Å². The summed E-state index contributed by atoms with van der Waals surface area (Å²) < 4.78 is 0. The fourth-order valence-electron chi connectivity index (χ4n) is 1.53. The second-order valence-electron chi connectivity index (χ2n) is 3.29. The Balaban J connectivity index is 3.01. The van der Waals surface area contributed by atoms with E-state index in [0.29, 0.717) is 19.6 Å². The fourth-order valence-corrected chi connectivity index (χ4v) is 1.53. The van der Waals surface area contributed by atoms with Crippen LogP contribution >= 0.6 is 0 Å². The number of carbonyl (C=O) groups excluding carboxylic acids is 1. The molecule has 0 unspecified atom stereocenters. The molecule has 0 atom stereocenters. The van der Waals surface area contributed by atoms with E-state index >= 15 is 0 Å². The highest BCUT2D eigenvalue weighted by Gasteiger charge is 2.50. The lowest BCUT2D eigenvalue weighted by Gasteiger charge is -2.25. The molecular formula is C9H17N3O3. The lowest BCUT2D eigenvalue weighted by molar-refractivity contribution is -0.169. The SMILES string of the molecule is CCN(CC)C1=NN(CC)C(=O)C1(O)O. The maximum atomic E-state index is 11.5. The molecule has 0 aromatic carbocycles. The summed E-state index contributed by atoms with van der Waals surface area (Å²) in [4.78, 5) is 13.1. The first kappa shape index (κ1) is 11.9. The molecule has 0 aliphatic carbocycles. The van der Waals surface area contributed by atoms with E-state index in [0.717, 1.165) is 5.01 Å². The zero-order valence-corrected chi connectivity index (χ0v) is 9.27. The van der Waals surface area contributed by atoms with Gasteiger partial charge in [0.05, 0.1) is 0 Å². The van der Waals surface area contributed by atoms with E-state index < -0.39 is 11.7 Å². The number of rotatable bonds is 3. The number of aliphatic hydroxyl groups is 2. The molecule has 2 N–H and O–H groups in total. The summed E-state index contributed by atoms with van der Waals surface area (Å²) in [5.41, 5.74) is 0. The Morgan fingerprint density at radius 3 is 2.20 bits per heavy atom. The molecule has 0 saturated carbocycles. The smallest absolute Gasteiger partial charge is 0.311 e. The highest BCUT2D eigenvalue weighted by molar-refractivity contribution is 6.12. The van der Waals surface area contributed by atoms with Crippen molar-refractivity contribution in [3.8, 4) is 0 Å². The summed E-state index contributed by atoms with van der Waals surface area (Å²) in [6.07, 6.45) is 0. The molecule has 0 bridgehead atoms. The number of amidine groups is 1. The number of hydrogen-bond donors (Lipinski definition) is 2. The van der Waals surface area contributed by atoms with Crippen molar-refractivity contribution in [1.29, 1.82) is 0 Å². The van der Waals surface area contributed by atoms with Crippen LogP contribution in [0.2, 0.25) is 0 Å². The molecule has 0 aromatic rings. The van der Waals surface area contributed by atoms with Gasteiger partial charge in [-0.1, -0.05) is 0 Å². The van der Waals surface area contributed by atoms with E-state index in [-0.39, 0.29) is 5.84 Å². The molecule has 0 spiro atoms. The van der Waals surface area contributed by atoms with Crippen LogP contribution in [0.5, 0.6) is 0 Å². The van der Waals surface area contributed by atoms with Gasteiger partial charge < -0.3 is 15.1 Å². The van der Waals surface area contributed by atoms with Crippen molar-refractivity contribution in [2.24, 2.45) is 5.10 Å². The van der Waals surface area contributed by atoms with Crippen molar-refractivity contribution in [1.82, 2.24) is 9.91 Å². The molecule has 1 heterocycles. The van der Waals surface area contributed by atoms with Gasteiger partial charge in [0.15, 0.2) is 5.84 Å². The Kier molecular flexibility index (Phi) is 3.31. The van der Waals surface area contributed by atoms with E-state index in [1.807, 2.05) is 13.8 Å². The average Bonchev–Trinajstić information content (AvgIpc) is 2.43. The highest BCUT2D eigenvalue weighted by Crippen LogP contribution is 2.19. The van der Waals surface area contributed by atoms with E-state index in [9.17, 15) is 15.0 Å². The standard InChI is InChI=1S/C9H17N3O3/c1-4-11(5-2)7-9(14,15)8(13)12(6-3)10-7/h14-15H,4-6H2,1-3H3. The van der Waals surface area contributed by atoms with Crippen LogP contribution in [0.25, 0.3) is 0 Å². The highest BCUT2D eigenvalue weighted by atomic mass is 16.5. The van der Waals surface area contributed by atoms with Gasteiger partial charge in [-0.15, -0.1) is 0 Å². The predicted octanol–water partition coefficient (Wildman–Crippen LogP) is -0.815. The van der Waals surface area contributed by atoms with Crippen LogP contribution in [0, 0.1) is 0 Å². The molecule has 1 aliphatic heterocycles. The lowest BCUT2D eigenvalue weighted by Crippen LogP contribution is -2.52. The van der Waals surface area contributed by atoms with Crippen molar-refractivity contribution in [3.63, 3.8) is 0 Å². The second kappa shape index (κ2) is 4.16. The van der Waals surface area contributed by atoms with Crippen LogP contribution in [0.15, 0.2) is 5.10 Å². The minimum atomic E-state index is -2.47. The first-order valence-electron chi connectivity index (χ1n) is 5.09. The molecular weight excluding hydrogens is 198 g/mol. The molecule has 1 aliphatic rings. The second-order valence-corrected chi connectivity index (χ2v) is 3.29. The van der Waals surface area contributed by atoms with Crippen LogP contribution < -0.4 is 0 Å². The van der Waals surface area contributed by atoms with E-state index in [1.165, 1.54) is 0 Å². The third kappa shape index (κ3) is 1.82. The van der Waals surface area contributed by atoms with Crippen molar-refractivity contribution in [3.05, 3.63) is 0 Å². The summed E-state index contributed by atoms with van der Waals surface area (Å²) >= 11 is 0. The van der Waals surface area contributed by atoms with E-state index in [1.54, 1.807) is 11.8 Å². The maximum Gasteiger partial charge on any atom is 0.311 e. The summed E-state index contributed by atoms with van der Waals surface area (Å²) in [6.45, 7) is 6.92. The molecule has 15 heavy (non-hydrogen) atoms. The molecule has 0 fully saturated rings. The van der Waals surface area contributed by atoms with Gasteiger partial charge in [-0.25, -0.2) is 5.01 Å². The lowest BCUT2D eigenvalue weighted by atomic mass is 10.2.